The Morgan fingerprint density at radius 2 is 0.548 bits per heavy atom. The fourth-order valence-electron chi connectivity index (χ4n) is 10.7. The molecular weight excluding hydrogens is 1330 g/mol. The molecule has 0 heterocycles. The molecule has 13 nitrogen and oxygen atoms in total. The topological polar surface area (TPSA) is 144 Å². The van der Waals surface area contributed by atoms with Gasteiger partial charge in [-0.05, 0) is 182 Å². The van der Waals surface area contributed by atoms with Crippen molar-refractivity contribution in [1.82, 2.24) is 20.0 Å². The number of carbonyl (C=O) groups excluding carboxylic acids is 5. The fraction of sp³-hybridized carbons (Fsp3) is 0.764. The molecule has 0 atom stereocenters. The molecule has 0 aliphatic carbocycles. The number of carbonyl (C=O) groups is 5. The van der Waals surface area contributed by atoms with Gasteiger partial charge in [-0.25, -0.2) is 0 Å². The molecule has 0 fully saturated rings. The van der Waals surface area contributed by atoms with Crippen molar-refractivity contribution < 1.29 is 42.9 Å². The van der Waals surface area contributed by atoms with Crippen LogP contribution in [-0.4, -0.2) is 149 Å². The zero-order valence-electron chi connectivity index (χ0n) is 68.5. The molecule has 0 bridgehead atoms. The molecule has 1 amide bonds. The standard InChI is InChI=1S/C45H80N2O5S.C40H71NO4.C4H11NS/c1-5-7-9-11-13-15-17-19-21-23-25-27-29-31-33-35-43(48)51-40-37-47(45(50)53-42-39-46(3)4)38-41-52-44(49)36-34-32-30-28-26-24-22-20-18-16-14-12-10-8-6-2;1-3-5-7-9-11-13-15-17-19-21-23-25-27-29-31-33-39(42)44-37-35-41-36-38-45-40(43)34-32-30-28-26-24-22-20-18-16-14-12-10-8-6-4-2;1-5(2)3-4-6/h13-16,19-22H,5-12,17-18,23-42H2,1-4H3;11-14,17-20,41H,3-10,15-16,21-38H2,1-2H3;6H,3-4H2,1-2H3/b15-13-,16-14-,21-19-,22-20-;13-11-,14-12-,19-17-,20-18-;. The van der Waals surface area contributed by atoms with Crippen molar-refractivity contribution in [3.63, 3.8) is 0 Å². The molecule has 604 valence electrons. The quantitative estimate of drug-likeness (QED) is 0.0196. The molecule has 0 saturated carbocycles. The number of ether oxygens (including phenoxy) is 4. The van der Waals surface area contributed by atoms with Gasteiger partial charge in [0.1, 0.15) is 26.4 Å². The summed E-state index contributed by atoms with van der Waals surface area (Å²) in [4.78, 5) is 67.1. The summed E-state index contributed by atoms with van der Waals surface area (Å²) in [5, 5.41) is 3.09. The second-order valence-electron chi connectivity index (χ2n) is 28.0. The van der Waals surface area contributed by atoms with Crippen LogP contribution < -0.4 is 5.32 Å². The van der Waals surface area contributed by atoms with Crippen LogP contribution in [0.2, 0.25) is 0 Å². The first-order valence-corrected chi connectivity index (χ1v) is 43.8. The Morgan fingerprint density at radius 3 is 0.788 bits per heavy atom. The smallest absolute Gasteiger partial charge is 0.305 e. The lowest BCUT2D eigenvalue weighted by Crippen LogP contribution is -2.35. The Bertz CT molecular complexity index is 1980. The van der Waals surface area contributed by atoms with E-state index in [-0.39, 0.29) is 42.3 Å². The normalized spacial score (nSPS) is 11.8. The van der Waals surface area contributed by atoms with Crippen molar-refractivity contribution in [3.05, 3.63) is 97.2 Å². The summed E-state index contributed by atoms with van der Waals surface area (Å²) < 4.78 is 21.5. The molecular formula is C89H162N4O9S2. The van der Waals surface area contributed by atoms with Gasteiger partial charge in [-0.1, -0.05) is 265 Å². The fourth-order valence-corrected chi connectivity index (χ4v) is 12.0. The summed E-state index contributed by atoms with van der Waals surface area (Å²) in [6, 6.07) is 0. The highest BCUT2D eigenvalue weighted by molar-refractivity contribution is 8.13. The number of thioether (sulfide) groups is 1. The number of amides is 1. The lowest BCUT2D eigenvalue weighted by molar-refractivity contribution is -0.145. The van der Waals surface area contributed by atoms with Crippen molar-refractivity contribution in [1.29, 1.82) is 0 Å². The highest BCUT2D eigenvalue weighted by atomic mass is 32.2. The third kappa shape index (κ3) is 93.9. The summed E-state index contributed by atoms with van der Waals surface area (Å²) in [5.74, 6) is 0.950. The summed E-state index contributed by atoms with van der Waals surface area (Å²) in [6.45, 7) is 13.6. The molecule has 104 heavy (non-hydrogen) atoms. The summed E-state index contributed by atoms with van der Waals surface area (Å²) >= 11 is 5.26. The maximum atomic E-state index is 12.9. The van der Waals surface area contributed by atoms with Crippen molar-refractivity contribution in [2.24, 2.45) is 0 Å². The van der Waals surface area contributed by atoms with Gasteiger partial charge in [-0.3, -0.25) is 24.0 Å². The first-order chi connectivity index (χ1) is 50.9. The minimum absolute atomic E-state index is 0.0821. The minimum Gasteiger partial charge on any atom is -0.464 e. The predicted molar refractivity (Wildman–Crippen MR) is 455 cm³/mol. The van der Waals surface area contributed by atoms with E-state index in [4.69, 9.17) is 18.9 Å². The first kappa shape index (κ1) is 104. The van der Waals surface area contributed by atoms with Gasteiger partial charge in [-0.15, -0.1) is 0 Å². The summed E-state index contributed by atoms with van der Waals surface area (Å²) in [7, 11) is 8.03. The van der Waals surface area contributed by atoms with Gasteiger partial charge in [-0.2, -0.15) is 12.6 Å². The van der Waals surface area contributed by atoms with E-state index in [0.29, 0.717) is 70.8 Å². The van der Waals surface area contributed by atoms with Crippen LogP contribution in [0.4, 0.5) is 4.79 Å². The van der Waals surface area contributed by atoms with Crippen molar-refractivity contribution in [3.8, 4) is 0 Å². The summed E-state index contributed by atoms with van der Waals surface area (Å²) in [5.41, 5.74) is 0. The molecule has 0 rings (SSSR count). The Balaban J connectivity index is -0.00000183. The molecule has 0 aromatic heterocycles. The van der Waals surface area contributed by atoms with Gasteiger partial charge < -0.3 is 39.0 Å². The second-order valence-corrected chi connectivity index (χ2v) is 29.5. The van der Waals surface area contributed by atoms with Gasteiger partial charge in [0.15, 0.2) is 0 Å². The van der Waals surface area contributed by atoms with E-state index in [1.807, 2.05) is 33.1 Å². The number of rotatable bonds is 73. The Morgan fingerprint density at radius 1 is 0.308 bits per heavy atom. The van der Waals surface area contributed by atoms with Crippen molar-refractivity contribution in [2.45, 2.75) is 336 Å². The number of allylic oxidation sites excluding steroid dienone is 16. The maximum absolute atomic E-state index is 12.9. The molecule has 0 aliphatic rings. The zero-order chi connectivity index (χ0) is 76.6. The Labute approximate surface area is 651 Å². The third-order valence-corrected chi connectivity index (χ3v) is 18.3. The lowest BCUT2D eigenvalue weighted by Gasteiger charge is -2.22. The molecule has 0 aliphatic heterocycles. The number of esters is 4. The molecule has 15 heteroatoms. The predicted octanol–water partition coefficient (Wildman–Crippen LogP) is 24.2. The van der Waals surface area contributed by atoms with E-state index in [2.05, 4.69) is 148 Å². The van der Waals surface area contributed by atoms with Gasteiger partial charge in [0, 0.05) is 63.4 Å². The zero-order valence-corrected chi connectivity index (χ0v) is 70.2. The van der Waals surface area contributed by atoms with E-state index < -0.39 is 0 Å². The van der Waals surface area contributed by atoms with Crippen LogP contribution in [0.3, 0.4) is 0 Å². The van der Waals surface area contributed by atoms with Crippen LogP contribution >= 0.6 is 24.4 Å². The number of hydrogen-bond acceptors (Lipinski definition) is 14. The van der Waals surface area contributed by atoms with Crippen LogP contribution in [-0.2, 0) is 38.1 Å². The van der Waals surface area contributed by atoms with E-state index in [0.717, 1.165) is 134 Å². The molecule has 0 aromatic carbocycles. The number of nitrogens with zero attached hydrogens (tertiary/aromatic N) is 3. The number of thiol groups is 1. The van der Waals surface area contributed by atoms with Crippen LogP contribution in [0.15, 0.2) is 97.2 Å². The van der Waals surface area contributed by atoms with Crippen molar-refractivity contribution in [2.75, 3.05) is 105 Å². The number of nitrogens with one attached hydrogen (secondary N) is 1. The third-order valence-electron chi connectivity index (χ3n) is 17.2. The minimum atomic E-state index is -0.216. The average molecular weight is 1500 g/mol. The van der Waals surface area contributed by atoms with E-state index in [1.165, 1.54) is 179 Å². The average Bonchev–Trinajstić information content (AvgIpc) is 0.983. The van der Waals surface area contributed by atoms with Crippen molar-refractivity contribution >= 4 is 53.5 Å². The van der Waals surface area contributed by atoms with Gasteiger partial charge in [0.05, 0.1) is 13.1 Å². The Hall–Kier alpha value is -4.15. The molecule has 0 radical (unpaired) electrons. The SMILES string of the molecule is CCCCC/C=C\C/C=C\CCCCCCCC(=O)OCCN(CCOC(=O)CCCCCCC/C=C\C/C=C\CCCCC)C(=O)SCCN(C)C.CCCCC/C=C\C/C=C\CCCCCCCC(=O)OCCNCCOC(=O)CCCCCCC/C=C\C/C=C\CCCCC.CN(C)CCS. The Kier molecular flexibility index (Phi) is 91.3. The van der Waals surface area contributed by atoms with Gasteiger partial charge in [0.25, 0.3) is 5.24 Å². The van der Waals surface area contributed by atoms with Gasteiger partial charge in [0.2, 0.25) is 0 Å². The number of hydrogen-bond donors (Lipinski definition) is 2. The summed E-state index contributed by atoms with van der Waals surface area (Å²) in [6.07, 6.45) is 89.3. The van der Waals surface area contributed by atoms with Crippen LogP contribution in [0.1, 0.15) is 336 Å². The van der Waals surface area contributed by atoms with E-state index in [9.17, 15) is 24.0 Å². The highest BCUT2D eigenvalue weighted by Gasteiger charge is 2.17. The largest absolute Gasteiger partial charge is 0.464 e. The van der Waals surface area contributed by atoms with Crippen LogP contribution in [0.5, 0.6) is 0 Å². The van der Waals surface area contributed by atoms with Crippen LogP contribution in [0, 0.1) is 0 Å². The number of unbranched alkanes of at least 4 members (excludes halogenated alkanes) is 32. The molecule has 0 unspecified atom stereocenters. The second kappa shape index (κ2) is 91.2. The highest BCUT2D eigenvalue weighted by Crippen LogP contribution is 2.15. The lowest BCUT2D eigenvalue weighted by atomic mass is 10.1. The molecule has 0 saturated heterocycles. The molecule has 1 N–H and O–H groups in total. The van der Waals surface area contributed by atoms with E-state index in [1.54, 1.807) is 4.90 Å². The maximum Gasteiger partial charge on any atom is 0.305 e. The van der Waals surface area contributed by atoms with Gasteiger partial charge >= 0.3 is 23.9 Å². The monoisotopic (exact) mass is 1500 g/mol. The molecule has 0 spiro atoms. The first-order valence-electron chi connectivity index (χ1n) is 42.2. The van der Waals surface area contributed by atoms with Crippen LogP contribution in [0.25, 0.3) is 0 Å². The van der Waals surface area contributed by atoms with E-state index >= 15 is 0 Å². The molecule has 0 aromatic rings.